The van der Waals surface area contributed by atoms with Crippen molar-refractivity contribution in [3.8, 4) is 11.5 Å². The second-order valence-electron chi connectivity index (χ2n) is 6.96. The number of halogens is 2. The van der Waals surface area contributed by atoms with Gasteiger partial charge < -0.3 is 14.4 Å². The second-order valence-corrected chi connectivity index (χ2v) is 8.11. The molecule has 1 aromatic carbocycles. The normalized spacial score (nSPS) is 16.1. The molecule has 2 aromatic rings. The Bertz CT molecular complexity index is 1080. The van der Waals surface area contributed by atoms with Crippen LogP contribution < -0.4 is 18.9 Å². The molecule has 3 rings (SSSR count). The van der Waals surface area contributed by atoms with Gasteiger partial charge in [-0.2, -0.15) is 0 Å². The van der Waals surface area contributed by atoms with Crippen molar-refractivity contribution in [1.29, 1.82) is 0 Å². The summed E-state index contributed by atoms with van der Waals surface area (Å²) in [7, 11) is 4.34. The molecule has 1 aliphatic rings. The zero-order valence-corrected chi connectivity index (χ0v) is 18.5. The van der Waals surface area contributed by atoms with Crippen LogP contribution in [-0.2, 0) is 17.7 Å². The van der Waals surface area contributed by atoms with Crippen LogP contribution in [0.15, 0.2) is 24.4 Å². The van der Waals surface area contributed by atoms with Gasteiger partial charge in [0.15, 0.2) is 22.8 Å². The maximum Gasteiger partial charge on any atom is 0.416 e. The van der Waals surface area contributed by atoms with E-state index in [4.69, 9.17) is 9.47 Å². The number of nitrogens with one attached hydrogen (secondary N) is 2. The van der Waals surface area contributed by atoms with Gasteiger partial charge in [-0.3, -0.25) is 9.62 Å². The lowest BCUT2D eigenvalue weighted by Crippen LogP contribution is -2.40. The van der Waals surface area contributed by atoms with Crippen molar-refractivity contribution in [3.05, 3.63) is 47.2 Å². The molecule has 13 heteroatoms. The molecule has 0 aliphatic carbocycles. The van der Waals surface area contributed by atoms with E-state index < -0.39 is 41.0 Å². The minimum atomic E-state index is -1.76. The van der Waals surface area contributed by atoms with Gasteiger partial charge in [-0.15, -0.1) is 0 Å². The molecule has 0 saturated heterocycles. The molecule has 2 N–H and O–H groups in total. The Kier molecular flexibility index (Phi) is 6.89. The molecule has 2 atom stereocenters. The monoisotopic (exact) mass is 469 g/mol. The molecule has 2 unspecified atom stereocenters. The largest absolute Gasteiger partial charge is 0.416 e. The fraction of sp³-hybridized carbons (Fsp3) is 0.316. The van der Waals surface area contributed by atoms with Crippen molar-refractivity contribution in [3.63, 3.8) is 0 Å². The summed E-state index contributed by atoms with van der Waals surface area (Å²) in [4.78, 5) is 30.4. The Labute approximate surface area is 185 Å². The molecule has 2 heterocycles. The van der Waals surface area contributed by atoms with Crippen LogP contribution in [0.25, 0.3) is 0 Å². The summed E-state index contributed by atoms with van der Waals surface area (Å²) < 4.78 is 56.2. The van der Waals surface area contributed by atoms with Crippen LogP contribution in [0.3, 0.4) is 0 Å². The van der Waals surface area contributed by atoms with E-state index in [1.807, 2.05) is 0 Å². The number of benzene rings is 1. The van der Waals surface area contributed by atoms with E-state index in [-0.39, 0.29) is 35.0 Å². The highest BCUT2D eigenvalue weighted by molar-refractivity contribution is 7.84. The number of anilines is 1. The average molecular weight is 469 g/mol. The first-order valence-electron chi connectivity index (χ1n) is 9.32. The summed E-state index contributed by atoms with van der Waals surface area (Å²) in [6.07, 6.45) is -0.282. The van der Waals surface area contributed by atoms with Gasteiger partial charge in [0.05, 0.1) is 18.2 Å². The van der Waals surface area contributed by atoms with E-state index in [1.54, 1.807) is 6.92 Å². The number of ether oxygens (including phenoxy) is 2. The topological polar surface area (TPSA) is 113 Å². The zero-order valence-electron chi connectivity index (χ0n) is 17.6. The molecule has 0 spiro atoms. The molecule has 1 aliphatic heterocycles. The van der Waals surface area contributed by atoms with Crippen LogP contribution in [0.1, 0.15) is 24.1 Å². The third kappa shape index (κ3) is 4.78. The van der Waals surface area contributed by atoms with Gasteiger partial charge in [-0.05, 0) is 20.0 Å². The van der Waals surface area contributed by atoms with Crippen molar-refractivity contribution in [1.82, 2.24) is 19.5 Å². The molecule has 172 valence electrons. The number of pyridine rings is 1. The second kappa shape index (κ2) is 9.44. The van der Waals surface area contributed by atoms with Crippen molar-refractivity contribution < 1.29 is 32.1 Å². The highest BCUT2D eigenvalue weighted by Gasteiger charge is 2.35. The number of amides is 2. The Morgan fingerprint density at radius 1 is 1.38 bits per heavy atom. The first kappa shape index (κ1) is 23.3. The molecule has 0 saturated carbocycles. The van der Waals surface area contributed by atoms with Crippen LogP contribution in [0.5, 0.6) is 11.5 Å². The highest BCUT2D eigenvalue weighted by atomic mass is 32.2. The molecular weight excluding hydrogens is 448 g/mol. The third-order valence-electron chi connectivity index (χ3n) is 4.64. The number of nitrogens with zero attached hydrogens (tertiary/aromatic N) is 3. The van der Waals surface area contributed by atoms with Crippen molar-refractivity contribution in [2.75, 3.05) is 25.9 Å². The maximum atomic E-state index is 14.8. The number of fused-ring (bicyclic) bond motifs is 1. The molecular formula is C19H21F2N5O5S. The summed E-state index contributed by atoms with van der Waals surface area (Å²) >= 11 is -1.76. The number of aromatic nitrogens is 1. The Hall–Kier alpha value is -3.32. The molecule has 0 bridgehead atoms. The van der Waals surface area contributed by atoms with E-state index in [1.165, 1.54) is 39.5 Å². The lowest BCUT2D eigenvalue weighted by Gasteiger charge is -2.34. The van der Waals surface area contributed by atoms with Crippen molar-refractivity contribution in [2.24, 2.45) is 0 Å². The van der Waals surface area contributed by atoms with E-state index in [2.05, 4.69) is 14.4 Å². The first-order valence-corrected chi connectivity index (χ1v) is 10.5. The van der Waals surface area contributed by atoms with Crippen LogP contribution in [0.2, 0.25) is 0 Å². The van der Waals surface area contributed by atoms with Gasteiger partial charge in [0, 0.05) is 38.0 Å². The molecule has 0 radical (unpaired) electrons. The standard InChI is InChI=1S/C19H21F2N5O5S/c1-10-15-13(20)7-12(30-18(27)25(3)4)8-14(15)31-19(28)26(10)9-11-5-6-23-17(16(11)21)24-32(29)22-2/h5-8,10,22H,9H2,1-4H3,(H,23,24). The summed E-state index contributed by atoms with van der Waals surface area (Å²) in [5, 5.41) is 0. The quantitative estimate of drug-likeness (QED) is 0.673. The Balaban J connectivity index is 1.87. The van der Waals surface area contributed by atoms with E-state index in [0.29, 0.717) is 0 Å². The van der Waals surface area contributed by atoms with E-state index in [0.717, 1.165) is 15.9 Å². The predicted molar refractivity (Wildman–Crippen MR) is 111 cm³/mol. The minimum Gasteiger partial charge on any atom is -0.410 e. The van der Waals surface area contributed by atoms with E-state index in [9.17, 15) is 22.6 Å². The highest BCUT2D eigenvalue weighted by Crippen LogP contribution is 2.40. The van der Waals surface area contributed by atoms with Crippen molar-refractivity contribution >= 4 is 29.2 Å². The van der Waals surface area contributed by atoms with Crippen LogP contribution in [-0.4, -0.2) is 52.3 Å². The SMILES string of the molecule is CNS(=O)Nc1nccc(CN2C(=O)Oc3cc(OC(=O)N(C)C)cc(F)c3C2C)c1F. The summed E-state index contributed by atoms with van der Waals surface area (Å²) in [6.45, 7) is 1.30. The number of hydrogen-bond donors (Lipinski definition) is 2. The number of carbonyl (C=O) groups excluding carboxylic acids is 2. The third-order valence-corrected chi connectivity index (χ3v) is 5.39. The lowest BCUT2D eigenvalue weighted by atomic mass is 10.0. The van der Waals surface area contributed by atoms with Crippen LogP contribution in [0.4, 0.5) is 24.2 Å². The minimum absolute atomic E-state index is 0.0540. The smallest absolute Gasteiger partial charge is 0.410 e. The number of rotatable bonds is 6. The Morgan fingerprint density at radius 3 is 2.75 bits per heavy atom. The number of hydrogen-bond acceptors (Lipinski definition) is 6. The van der Waals surface area contributed by atoms with Crippen molar-refractivity contribution in [2.45, 2.75) is 19.5 Å². The maximum absolute atomic E-state index is 14.8. The summed E-state index contributed by atoms with van der Waals surface area (Å²) in [6, 6.07) is 2.78. The zero-order chi connectivity index (χ0) is 23.6. The summed E-state index contributed by atoms with van der Waals surface area (Å²) in [5.41, 5.74) is 0.109. The van der Waals surface area contributed by atoms with Crippen LogP contribution in [0, 0.1) is 11.6 Å². The predicted octanol–water partition coefficient (Wildman–Crippen LogP) is 2.71. The molecule has 32 heavy (non-hydrogen) atoms. The summed E-state index contributed by atoms with van der Waals surface area (Å²) in [5.74, 6) is -2.06. The molecule has 1 aromatic heterocycles. The van der Waals surface area contributed by atoms with Gasteiger partial charge in [0.2, 0.25) is 0 Å². The molecule has 0 fully saturated rings. The average Bonchev–Trinajstić information content (AvgIpc) is 2.72. The fourth-order valence-electron chi connectivity index (χ4n) is 2.98. The van der Waals surface area contributed by atoms with Gasteiger partial charge >= 0.3 is 12.2 Å². The van der Waals surface area contributed by atoms with Gasteiger partial charge in [0.1, 0.15) is 17.3 Å². The molecule has 2 amide bonds. The van der Waals surface area contributed by atoms with Gasteiger partial charge in [0.25, 0.3) is 0 Å². The lowest BCUT2D eigenvalue weighted by molar-refractivity contribution is 0.114. The van der Waals surface area contributed by atoms with E-state index >= 15 is 0 Å². The Morgan fingerprint density at radius 2 is 2.09 bits per heavy atom. The van der Waals surface area contributed by atoms with Gasteiger partial charge in [-0.25, -0.2) is 32.3 Å². The first-order chi connectivity index (χ1) is 15.1. The molecule has 10 nitrogen and oxygen atoms in total. The van der Waals surface area contributed by atoms with Gasteiger partial charge in [-0.1, -0.05) is 0 Å². The van der Waals surface area contributed by atoms with Crippen LogP contribution >= 0.6 is 0 Å². The number of carbonyl (C=O) groups is 2. The fourth-order valence-corrected chi connectivity index (χ4v) is 3.40.